The largest absolute Gasteiger partial charge is 0.338 e. The second kappa shape index (κ2) is 6.00. The molecule has 0 radical (unpaired) electrons. The van der Waals surface area contributed by atoms with Gasteiger partial charge in [-0.1, -0.05) is 12.1 Å². The van der Waals surface area contributed by atoms with Crippen LogP contribution in [0.3, 0.4) is 0 Å². The van der Waals surface area contributed by atoms with E-state index in [1.165, 1.54) is 6.92 Å². The van der Waals surface area contributed by atoms with E-state index in [0.29, 0.717) is 5.56 Å². The van der Waals surface area contributed by atoms with Crippen molar-refractivity contribution in [2.75, 3.05) is 0 Å². The van der Waals surface area contributed by atoms with Crippen LogP contribution < -0.4 is 5.32 Å². The lowest BCUT2D eigenvalue weighted by molar-refractivity contribution is -0.140. The molecule has 4 rings (SSSR count). The average molecular weight is 369 g/mol. The molecule has 8 nitrogen and oxygen atoms in total. The van der Waals surface area contributed by atoms with E-state index >= 15 is 0 Å². The van der Waals surface area contributed by atoms with Crippen molar-refractivity contribution in [1.82, 2.24) is 15.1 Å². The maximum Gasteiger partial charge on any atom is 0.262 e. The minimum absolute atomic E-state index is 0.0586. The summed E-state index contributed by atoms with van der Waals surface area (Å²) in [6, 6.07) is 5.12. The fourth-order valence-electron chi connectivity index (χ4n) is 3.80. The van der Waals surface area contributed by atoms with Gasteiger partial charge in [0, 0.05) is 19.0 Å². The van der Waals surface area contributed by atoms with Crippen LogP contribution in [0.5, 0.6) is 0 Å². The van der Waals surface area contributed by atoms with E-state index in [-0.39, 0.29) is 36.6 Å². The van der Waals surface area contributed by atoms with Crippen molar-refractivity contribution in [2.24, 2.45) is 0 Å². The lowest BCUT2D eigenvalue weighted by atomic mass is 9.89. The normalized spacial score (nSPS) is 24.7. The molecule has 1 saturated heterocycles. The number of rotatable bonds is 5. The highest BCUT2D eigenvalue weighted by molar-refractivity contribution is 6.24. The standard InChI is InChI=1S/C19H19N3O5/c1-19(8-7-14(24)20-18(19)27)22-16(25)13-4-2-3-11(15(13)17(22)26)9-21(10-23)12-5-6-12/h2-4,10,12H,5-9H2,1H3,(H,20,24,27). The highest BCUT2D eigenvalue weighted by atomic mass is 16.2. The number of carbonyl (C=O) groups excluding carboxylic acids is 5. The Morgan fingerprint density at radius 3 is 2.59 bits per heavy atom. The third kappa shape index (κ3) is 2.63. The van der Waals surface area contributed by atoms with Crippen molar-refractivity contribution in [3.63, 3.8) is 0 Å². The van der Waals surface area contributed by atoms with Gasteiger partial charge >= 0.3 is 0 Å². The van der Waals surface area contributed by atoms with Crippen LogP contribution in [0.4, 0.5) is 0 Å². The van der Waals surface area contributed by atoms with E-state index in [1.54, 1.807) is 23.1 Å². The van der Waals surface area contributed by atoms with Crippen molar-refractivity contribution < 1.29 is 24.0 Å². The molecule has 1 aliphatic carbocycles. The van der Waals surface area contributed by atoms with Crippen LogP contribution in [0.25, 0.3) is 0 Å². The molecule has 0 bridgehead atoms. The number of benzene rings is 1. The number of imide groups is 2. The van der Waals surface area contributed by atoms with E-state index in [1.807, 2.05) is 0 Å². The van der Waals surface area contributed by atoms with Crippen LogP contribution >= 0.6 is 0 Å². The molecule has 1 N–H and O–H groups in total. The molecule has 140 valence electrons. The molecular formula is C19H19N3O5. The average Bonchev–Trinajstić information content (AvgIpc) is 3.44. The van der Waals surface area contributed by atoms with E-state index in [4.69, 9.17) is 0 Å². The van der Waals surface area contributed by atoms with Gasteiger partial charge in [-0.2, -0.15) is 0 Å². The van der Waals surface area contributed by atoms with Crippen molar-refractivity contribution in [2.45, 2.75) is 50.7 Å². The van der Waals surface area contributed by atoms with Crippen molar-refractivity contribution in [3.8, 4) is 0 Å². The summed E-state index contributed by atoms with van der Waals surface area (Å²) in [5.41, 5.74) is -0.367. The van der Waals surface area contributed by atoms with E-state index in [9.17, 15) is 24.0 Å². The lowest BCUT2D eigenvalue weighted by Crippen LogP contribution is -2.62. The minimum atomic E-state index is -1.42. The Balaban J connectivity index is 1.70. The molecule has 2 heterocycles. The van der Waals surface area contributed by atoms with E-state index in [2.05, 4.69) is 5.32 Å². The highest BCUT2D eigenvalue weighted by Gasteiger charge is 2.53. The maximum atomic E-state index is 13.1. The summed E-state index contributed by atoms with van der Waals surface area (Å²) in [5.74, 6) is -2.17. The smallest absolute Gasteiger partial charge is 0.262 e. The fourth-order valence-corrected chi connectivity index (χ4v) is 3.80. The third-order valence-corrected chi connectivity index (χ3v) is 5.58. The van der Waals surface area contributed by atoms with Gasteiger partial charge in [0.15, 0.2) is 0 Å². The van der Waals surface area contributed by atoms with Crippen LogP contribution in [-0.4, -0.2) is 51.4 Å². The number of hydrogen-bond acceptors (Lipinski definition) is 5. The van der Waals surface area contributed by atoms with Gasteiger partial charge in [0.1, 0.15) is 5.54 Å². The van der Waals surface area contributed by atoms with Crippen LogP contribution in [0.1, 0.15) is 58.9 Å². The van der Waals surface area contributed by atoms with Gasteiger partial charge in [0.2, 0.25) is 12.3 Å². The number of nitrogens with zero attached hydrogens (tertiary/aromatic N) is 2. The zero-order valence-electron chi connectivity index (χ0n) is 14.9. The monoisotopic (exact) mass is 369 g/mol. The summed E-state index contributed by atoms with van der Waals surface area (Å²) in [4.78, 5) is 63.9. The van der Waals surface area contributed by atoms with Crippen LogP contribution in [-0.2, 0) is 20.9 Å². The molecule has 1 unspecified atom stereocenters. The first-order valence-electron chi connectivity index (χ1n) is 8.93. The molecule has 3 aliphatic rings. The highest BCUT2D eigenvalue weighted by Crippen LogP contribution is 2.36. The molecule has 27 heavy (non-hydrogen) atoms. The van der Waals surface area contributed by atoms with Gasteiger partial charge in [-0.05, 0) is 37.8 Å². The number of fused-ring (bicyclic) bond motifs is 1. The molecule has 5 amide bonds. The van der Waals surface area contributed by atoms with Crippen LogP contribution in [0.2, 0.25) is 0 Å². The molecule has 2 aliphatic heterocycles. The zero-order chi connectivity index (χ0) is 19.3. The molecule has 0 aromatic heterocycles. The maximum absolute atomic E-state index is 13.1. The Morgan fingerprint density at radius 2 is 1.96 bits per heavy atom. The van der Waals surface area contributed by atoms with E-state index < -0.39 is 29.2 Å². The number of carbonyl (C=O) groups is 5. The molecule has 2 fully saturated rings. The van der Waals surface area contributed by atoms with Gasteiger partial charge in [0.05, 0.1) is 11.1 Å². The summed E-state index contributed by atoms with van der Waals surface area (Å²) in [6.45, 7) is 1.74. The molecular weight excluding hydrogens is 350 g/mol. The summed E-state index contributed by atoms with van der Waals surface area (Å²) < 4.78 is 0. The Kier molecular flexibility index (Phi) is 3.87. The van der Waals surface area contributed by atoms with Crippen LogP contribution in [0.15, 0.2) is 18.2 Å². The second-order valence-corrected chi connectivity index (χ2v) is 7.45. The predicted octanol–water partition coefficient (Wildman–Crippen LogP) is 0.599. The molecule has 1 aromatic rings. The molecule has 1 saturated carbocycles. The van der Waals surface area contributed by atoms with Gasteiger partial charge in [-0.25, -0.2) is 0 Å². The number of amides is 5. The predicted molar refractivity (Wildman–Crippen MR) is 92.4 cm³/mol. The summed E-state index contributed by atoms with van der Waals surface area (Å²) >= 11 is 0. The summed E-state index contributed by atoms with van der Waals surface area (Å²) in [6.07, 6.45) is 2.76. The van der Waals surface area contributed by atoms with Gasteiger partial charge in [0.25, 0.3) is 17.7 Å². The number of piperidine rings is 1. The topological polar surface area (TPSA) is 104 Å². The number of hydrogen-bond donors (Lipinski definition) is 1. The van der Waals surface area contributed by atoms with Crippen LogP contribution in [0, 0.1) is 0 Å². The third-order valence-electron chi connectivity index (χ3n) is 5.58. The van der Waals surface area contributed by atoms with Gasteiger partial charge in [-0.15, -0.1) is 0 Å². The Labute approximate surface area is 155 Å². The SMILES string of the molecule is CC1(N2C(=O)c3cccc(CN(C=O)C4CC4)c3C2=O)CCC(=O)NC1=O. The Hall–Kier alpha value is -3.03. The second-order valence-electron chi connectivity index (χ2n) is 7.45. The molecule has 8 heteroatoms. The fraction of sp³-hybridized carbons (Fsp3) is 0.421. The Bertz CT molecular complexity index is 891. The summed E-state index contributed by atoms with van der Waals surface area (Å²) in [5, 5.41) is 2.22. The van der Waals surface area contributed by atoms with Gasteiger partial charge in [-0.3, -0.25) is 34.2 Å². The first-order valence-corrected chi connectivity index (χ1v) is 8.93. The zero-order valence-corrected chi connectivity index (χ0v) is 14.9. The molecule has 1 aromatic carbocycles. The first kappa shape index (κ1) is 17.4. The van der Waals surface area contributed by atoms with Crippen molar-refractivity contribution >= 4 is 30.0 Å². The Morgan fingerprint density at radius 1 is 1.22 bits per heavy atom. The molecule has 0 spiro atoms. The quantitative estimate of drug-likeness (QED) is 0.605. The minimum Gasteiger partial charge on any atom is -0.338 e. The van der Waals surface area contributed by atoms with Crippen molar-refractivity contribution in [3.05, 3.63) is 34.9 Å². The summed E-state index contributed by atoms with van der Waals surface area (Å²) in [7, 11) is 0. The molecule has 1 atom stereocenters. The van der Waals surface area contributed by atoms with E-state index in [0.717, 1.165) is 24.2 Å². The lowest BCUT2D eigenvalue weighted by Gasteiger charge is -2.38. The number of nitrogens with one attached hydrogen (secondary N) is 1. The first-order chi connectivity index (χ1) is 12.9. The van der Waals surface area contributed by atoms with Gasteiger partial charge < -0.3 is 4.90 Å². The van der Waals surface area contributed by atoms with Crippen molar-refractivity contribution in [1.29, 1.82) is 0 Å².